The summed E-state index contributed by atoms with van der Waals surface area (Å²) < 4.78 is 21.3. The second-order valence-electron chi connectivity index (χ2n) is 9.14. The van der Waals surface area contributed by atoms with Gasteiger partial charge in [-0.15, -0.1) is 0 Å². The van der Waals surface area contributed by atoms with Gasteiger partial charge in [-0.2, -0.15) is 0 Å². The number of carbonyl (C=O) groups excluding carboxylic acids is 3. The maximum Gasteiger partial charge on any atom is 0.339 e. The molecule has 3 N–H and O–H groups in total. The van der Waals surface area contributed by atoms with Gasteiger partial charge in [-0.25, -0.2) is 4.79 Å². The molecule has 214 valence electrons. The Balaban J connectivity index is 2.24. The number of β-amino-alcohol motifs (C(OH)–C–C–N with tert-alkyl or cyclic N) is 1. The average molecular weight is 559 g/mol. The van der Waals surface area contributed by atoms with E-state index in [1.54, 1.807) is 29.2 Å². The lowest BCUT2D eigenvalue weighted by Crippen LogP contribution is -2.48. The van der Waals surface area contributed by atoms with Gasteiger partial charge in [-0.1, -0.05) is 18.2 Å². The summed E-state index contributed by atoms with van der Waals surface area (Å²) in [4.78, 5) is 61.9. The highest BCUT2D eigenvalue weighted by Crippen LogP contribution is 2.34. The van der Waals surface area contributed by atoms with Gasteiger partial charge in [0, 0.05) is 58.9 Å². The first-order chi connectivity index (χ1) is 18.1. The number of aldehydes is 1. The van der Waals surface area contributed by atoms with E-state index in [9.17, 15) is 33.8 Å². The van der Waals surface area contributed by atoms with E-state index < -0.39 is 31.9 Å². The Morgan fingerprint density at radius 2 is 1.47 bits per heavy atom. The van der Waals surface area contributed by atoms with Gasteiger partial charge in [0.2, 0.25) is 0 Å². The van der Waals surface area contributed by atoms with Crippen molar-refractivity contribution in [1.82, 2.24) is 19.6 Å². The van der Waals surface area contributed by atoms with E-state index in [0.29, 0.717) is 57.9 Å². The predicted octanol–water partition coefficient (Wildman–Crippen LogP) is -0.765. The smallest absolute Gasteiger partial charge is 0.339 e. The van der Waals surface area contributed by atoms with Crippen molar-refractivity contribution in [3.05, 3.63) is 35.4 Å². The maximum absolute atomic E-state index is 12.2. The van der Waals surface area contributed by atoms with Crippen LogP contribution in [-0.4, -0.2) is 145 Å². The highest BCUT2D eigenvalue weighted by molar-refractivity contribution is 7.51. The number of hydrogen-bond donors (Lipinski definition) is 3. The molecule has 1 atom stereocenters. The summed E-state index contributed by atoms with van der Waals surface area (Å²) in [7, 11) is -1.74. The minimum absolute atomic E-state index is 0.000908. The van der Waals surface area contributed by atoms with Gasteiger partial charge < -0.3 is 29.2 Å². The first-order valence-electron chi connectivity index (χ1n) is 12.4. The highest BCUT2D eigenvalue weighted by atomic mass is 31.2. The van der Waals surface area contributed by atoms with Crippen LogP contribution in [0.4, 0.5) is 0 Å². The molecule has 2 rings (SSSR count). The quantitative estimate of drug-likeness (QED) is 0.187. The molecule has 13 nitrogen and oxygen atoms in total. The molecule has 0 saturated carbocycles. The lowest BCUT2D eigenvalue weighted by molar-refractivity contribution is -0.142. The fourth-order valence-electron chi connectivity index (χ4n) is 4.28. The van der Waals surface area contributed by atoms with Crippen molar-refractivity contribution in [1.29, 1.82) is 0 Å². The Morgan fingerprint density at radius 3 is 2.03 bits per heavy atom. The van der Waals surface area contributed by atoms with Crippen LogP contribution in [0.2, 0.25) is 0 Å². The van der Waals surface area contributed by atoms with E-state index in [4.69, 9.17) is 9.47 Å². The molecule has 1 saturated heterocycles. The Hall–Kier alpha value is -2.22. The fraction of sp³-hybridized carbons (Fsp3) is 0.625. The van der Waals surface area contributed by atoms with Crippen molar-refractivity contribution in [3.8, 4) is 0 Å². The van der Waals surface area contributed by atoms with E-state index in [2.05, 4.69) is 0 Å². The summed E-state index contributed by atoms with van der Waals surface area (Å²) in [6, 6.07) is 6.68. The molecule has 0 spiro atoms. The Kier molecular flexibility index (Phi) is 13.5. The van der Waals surface area contributed by atoms with Crippen molar-refractivity contribution >= 4 is 25.8 Å². The van der Waals surface area contributed by atoms with Gasteiger partial charge >= 0.3 is 19.5 Å². The number of hydrogen-bond acceptors (Lipinski definition) is 11. The van der Waals surface area contributed by atoms with Crippen molar-refractivity contribution in [2.75, 3.05) is 92.5 Å². The molecule has 1 aliphatic rings. The zero-order chi connectivity index (χ0) is 28.1. The predicted molar refractivity (Wildman–Crippen MR) is 139 cm³/mol. The number of carbonyl (C=O) groups is 3. The number of rotatable bonds is 10. The van der Waals surface area contributed by atoms with Crippen LogP contribution in [0.3, 0.4) is 0 Å². The van der Waals surface area contributed by atoms with Gasteiger partial charge in [-0.05, 0) is 11.6 Å². The lowest BCUT2D eigenvalue weighted by Gasteiger charge is -2.34. The van der Waals surface area contributed by atoms with Gasteiger partial charge in [0.05, 0.1) is 39.0 Å². The minimum Gasteiger partial charge on any atom is -0.468 e. The van der Waals surface area contributed by atoms with Crippen LogP contribution in [0.5, 0.6) is 0 Å². The Bertz CT molecular complexity index is 961. The molecular weight excluding hydrogens is 519 g/mol. The molecule has 0 radical (unpaired) electrons. The van der Waals surface area contributed by atoms with Crippen LogP contribution < -0.4 is 0 Å². The number of esters is 2. The fourth-order valence-corrected chi connectivity index (χ4v) is 5.09. The van der Waals surface area contributed by atoms with Crippen LogP contribution in [-0.2, 0) is 23.6 Å². The van der Waals surface area contributed by atoms with E-state index in [0.717, 1.165) is 6.29 Å². The monoisotopic (exact) mass is 558 g/mol. The lowest BCUT2D eigenvalue weighted by atomic mass is 10.0. The molecule has 0 aromatic heterocycles. The number of aliphatic hydroxyl groups excluding tert-OH is 1. The van der Waals surface area contributed by atoms with Crippen LogP contribution in [0.25, 0.3) is 0 Å². The maximum atomic E-state index is 12.2. The van der Waals surface area contributed by atoms with Gasteiger partial charge in [0.25, 0.3) is 0 Å². The third kappa shape index (κ3) is 11.3. The zero-order valence-electron chi connectivity index (χ0n) is 22.0. The second-order valence-corrected chi connectivity index (χ2v) is 10.8. The second kappa shape index (κ2) is 16.0. The molecule has 0 amide bonds. The zero-order valence-corrected chi connectivity index (χ0v) is 22.9. The molecule has 38 heavy (non-hydrogen) atoms. The Labute approximate surface area is 223 Å². The average Bonchev–Trinajstić information content (AvgIpc) is 2.88. The summed E-state index contributed by atoms with van der Waals surface area (Å²) in [5.41, 5.74) is 0.714. The third-order valence-electron chi connectivity index (χ3n) is 6.38. The van der Waals surface area contributed by atoms with Gasteiger partial charge in [0.15, 0.2) is 0 Å². The topological polar surface area (TPSA) is 160 Å². The number of methoxy groups -OCH3 is 2. The number of aliphatic hydroxyl groups is 1. The SMILES string of the molecule is COC(=O)CN1CCN(CC(O)c2ccccc2C(=O)OC)CCN(CC=O)CCN(CP(=O)(O)O)CC1. The number of ether oxygens (including phenoxy) is 2. The molecular formula is C24H39N4O9P. The largest absolute Gasteiger partial charge is 0.468 e. The van der Waals surface area contributed by atoms with E-state index in [1.807, 2.05) is 14.7 Å². The molecule has 14 heteroatoms. The molecule has 1 unspecified atom stereocenters. The summed E-state index contributed by atoms with van der Waals surface area (Å²) in [6.45, 7) is 3.51. The summed E-state index contributed by atoms with van der Waals surface area (Å²) in [5.74, 6) is -0.982. The van der Waals surface area contributed by atoms with Gasteiger partial charge in [0.1, 0.15) is 12.6 Å². The van der Waals surface area contributed by atoms with E-state index in [1.165, 1.54) is 14.2 Å². The normalized spacial score (nSPS) is 18.7. The van der Waals surface area contributed by atoms with Crippen molar-refractivity contribution in [2.45, 2.75) is 6.10 Å². The molecule has 1 aromatic carbocycles. The molecule has 0 aliphatic carbocycles. The summed E-state index contributed by atoms with van der Waals surface area (Å²) in [6.07, 6.45) is -0.639. The van der Waals surface area contributed by atoms with Crippen molar-refractivity contribution in [2.24, 2.45) is 0 Å². The third-order valence-corrected chi connectivity index (χ3v) is 7.15. The van der Waals surface area contributed by atoms with E-state index in [-0.39, 0.29) is 25.2 Å². The standard InChI is InChI=1S/C24H39N4O9P/c1-36-23(31)18-27-11-10-26(17-22(30)20-5-3-4-6-21(20)24(32)37-2)9-7-25(15-16-29)8-13-28(14-12-27)19-38(33,34)35/h3-6,16,22,30H,7-15,17-19H2,1-2H3,(H2,33,34,35). The molecule has 0 bridgehead atoms. The van der Waals surface area contributed by atoms with Gasteiger partial charge in [-0.3, -0.25) is 29.0 Å². The highest BCUT2D eigenvalue weighted by Gasteiger charge is 2.24. The molecule has 1 aliphatic heterocycles. The van der Waals surface area contributed by atoms with Crippen LogP contribution in [0.1, 0.15) is 22.0 Å². The summed E-state index contributed by atoms with van der Waals surface area (Å²) >= 11 is 0. The van der Waals surface area contributed by atoms with Crippen LogP contribution in [0, 0.1) is 0 Å². The Morgan fingerprint density at radius 1 is 0.921 bits per heavy atom. The van der Waals surface area contributed by atoms with Crippen molar-refractivity contribution < 1.29 is 43.3 Å². The van der Waals surface area contributed by atoms with Crippen LogP contribution in [0.15, 0.2) is 24.3 Å². The number of nitrogens with zero attached hydrogens (tertiary/aromatic N) is 4. The summed E-state index contributed by atoms with van der Waals surface area (Å²) in [5, 5.41) is 11.1. The molecule has 1 aromatic rings. The first-order valence-corrected chi connectivity index (χ1v) is 14.2. The van der Waals surface area contributed by atoms with E-state index >= 15 is 0 Å². The molecule has 1 heterocycles. The number of benzene rings is 1. The first kappa shape index (κ1) is 32.0. The van der Waals surface area contributed by atoms with Crippen molar-refractivity contribution in [3.63, 3.8) is 0 Å². The van der Waals surface area contributed by atoms with Crippen LogP contribution >= 0.6 is 7.60 Å². The molecule has 1 fully saturated rings. The minimum atomic E-state index is -4.31.